The van der Waals surface area contributed by atoms with Gasteiger partial charge in [0.25, 0.3) is 0 Å². The molecule has 3 aromatic rings. The fourth-order valence-electron chi connectivity index (χ4n) is 2.03. The second-order valence-electron chi connectivity index (χ2n) is 4.77. The summed E-state index contributed by atoms with van der Waals surface area (Å²) in [6.45, 7) is 0. The fraction of sp³-hybridized carbons (Fsp3) is 0.0625. The van der Waals surface area contributed by atoms with E-state index in [-0.39, 0.29) is 17.5 Å². The number of hydrogen-bond acceptors (Lipinski definition) is 5. The van der Waals surface area contributed by atoms with Crippen molar-refractivity contribution in [3.05, 3.63) is 60.0 Å². The third kappa shape index (κ3) is 3.12. The molecule has 0 spiro atoms. The van der Waals surface area contributed by atoms with Crippen molar-refractivity contribution in [1.82, 2.24) is 15.0 Å². The van der Waals surface area contributed by atoms with Gasteiger partial charge in [-0.25, -0.2) is 18.2 Å². The van der Waals surface area contributed by atoms with Gasteiger partial charge in [-0.1, -0.05) is 6.07 Å². The lowest BCUT2D eigenvalue weighted by Gasteiger charge is -2.10. The lowest BCUT2D eigenvalue weighted by atomic mass is 10.2. The van der Waals surface area contributed by atoms with Crippen LogP contribution < -0.4 is 10.6 Å². The number of benzene rings is 1. The van der Waals surface area contributed by atoms with Gasteiger partial charge in [-0.05, 0) is 24.3 Å². The Morgan fingerprint density at radius 1 is 0.917 bits per heavy atom. The Labute approximate surface area is 135 Å². The van der Waals surface area contributed by atoms with E-state index in [1.807, 2.05) is 0 Å². The van der Waals surface area contributed by atoms with E-state index in [2.05, 4.69) is 25.6 Å². The van der Waals surface area contributed by atoms with E-state index < -0.39 is 17.5 Å². The van der Waals surface area contributed by atoms with Crippen LogP contribution in [0.15, 0.2) is 42.6 Å². The standard InChI is InChI=1S/C16H12F3N5/c1-20-16-23-12(10-4-2-3-7-21-10)8-13(24-16)22-11-6-5-9(17)14(18)15(11)19/h2-8H,1H3,(H2,20,22,23,24). The molecule has 8 heteroatoms. The number of halogens is 3. The second kappa shape index (κ2) is 6.53. The van der Waals surface area contributed by atoms with Crippen LogP contribution in [0.1, 0.15) is 0 Å². The van der Waals surface area contributed by atoms with Gasteiger partial charge in [-0.3, -0.25) is 4.98 Å². The van der Waals surface area contributed by atoms with E-state index in [4.69, 9.17) is 0 Å². The van der Waals surface area contributed by atoms with E-state index in [1.54, 1.807) is 31.4 Å². The van der Waals surface area contributed by atoms with E-state index in [0.29, 0.717) is 11.4 Å². The molecule has 24 heavy (non-hydrogen) atoms. The maximum atomic E-state index is 13.8. The Morgan fingerprint density at radius 2 is 1.75 bits per heavy atom. The zero-order valence-corrected chi connectivity index (χ0v) is 12.5. The molecule has 2 N–H and O–H groups in total. The van der Waals surface area contributed by atoms with Crippen molar-refractivity contribution in [1.29, 1.82) is 0 Å². The Kier molecular flexibility index (Phi) is 4.28. The number of rotatable bonds is 4. The molecular formula is C16H12F3N5. The maximum absolute atomic E-state index is 13.8. The molecular weight excluding hydrogens is 319 g/mol. The molecule has 0 saturated heterocycles. The number of hydrogen-bond donors (Lipinski definition) is 2. The van der Waals surface area contributed by atoms with Crippen molar-refractivity contribution in [2.45, 2.75) is 0 Å². The molecule has 2 aromatic heterocycles. The van der Waals surface area contributed by atoms with Crippen LogP contribution in [-0.4, -0.2) is 22.0 Å². The lowest BCUT2D eigenvalue weighted by molar-refractivity contribution is 0.449. The minimum atomic E-state index is -1.55. The second-order valence-corrected chi connectivity index (χ2v) is 4.77. The smallest absolute Gasteiger partial charge is 0.225 e. The monoisotopic (exact) mass is 331 g/mol. The molecule has 0 amide bonds. The summed E-state index contributed by atoms with van der Waals surface area (Å²) in [4.78, 5) is 12.6. The highest BCUT2D eigenvalue weighted by Crippen LogP contribution is 2.25. The summed E-state index contributed by atoms with van der Waals surface area (Å²) >= 11 is 0. The Bertz CT molecular complexity index is 871. The minimum Gasteiger partial charge on any atom is -0.357 e. The summed E-state index contributed by atoms with van der Waals surface area (Å²) in [5.41, 5.74) is 0.840. The SMILES string of the molecule is CNc1nc(Nc2ccc(F)c(F)c2F)cc(-c2ccccn2)n1. The topological polar surface area (TPSA) is 62.7 Å². The normalized spacial score (nSPS) is 10.5. The molecule has 0 aliphatic rings. The molecule has 0 bridgehead atoms. The Morgan fingerprint density at radius 3 is 2.46 bits per heavy atom. The van der Waals surface area contributed by atoms with Crippen LogP contribution in [0.5, 0.6) is 0 Å². The van der Waals surface area contributed by atoms with Gasteiger partial charge >= 0.3 is 0 Å². The van der Waals surface area contributed by atoms with E-state index >= 15 is 0 Å². The lowest BCUT2D eigenvalue weighted by Crippen LogP contribution is -2.04. The van der Waals surface area contributed by atoms with Crippen LogP contribution in [0, 0.1) is 17.5 Å². The summed E-state index contributed by atoms with van der Waals surface area (Å²) < 4.78 is 40.2. The molecule has 0 fully saturated rings. The molecule has 0 unspecified atom stereocenters. The molecule has 122 valence electrons. The van der Waals surface area contributed by atoms with Crippen LogP contribution in [0.3, 0.4) is 0 Å². The largest absolute Gasteiger partial charge is 0.357 e. The molecule has 0 saturated carbocycles. The van der Waals surface area contributed by atoms with Crippen molar-refractivity contribution >= 4 is 17.5 Å². The van der Waals surface area contributed by atoms with Gasteiger partial charge in [0, 0.05) is 19.3 Å². The third-order valence-electron chi connectivity index (χ3n) is 3.17. The Balaban J connectivity index is 2.01. The van der Waals surface area contributed by atoms with Crippen molar-refractivity contribution in [2.24, 2.45) is 0 Å². The highest BCUT2D eigenvalue weighted by atomic mass is 19.2. The van der Waals surface area contributed by atoms with Gasteiger partial charge in [0.15, 0.2) is 17.5 Å². The fourth-order valence-corrected chi connectivity index (χ4v) is 2.03. The average molecular weight is 331 g/mol. The summed E-state index contributed by atoms with van der Waals surface area (Å²) in [5.74, 6) is -3.65. The minimum absolute atomic E-state index is 0.208. The van der Waals surface area contributed by atoms with Gasteiger partial charge < -0.3 is 10.6 Å². The summed E-state index contributed by atoms with van der Waals surface area (Å²) in [5, 5.41) is 5.41. The highest BCUT2D eigenvalue weighted by molar-refractivity contribution is 5.65. The quantitative estimate of drug-likeness (QED) is 0.713. The number of nitrogens with one attached hydrogen (secondary N) is 2. The molecule has 3 rings (SSSR count). The van der Waals surface area contributed by atoms with Crippen LogP contribution >= 0.6 is 0 Å². The third-order valence-corrected chi connectivity index (χ3v) is 3.17. The van der Waals surface area contributed by atoms with Crippen LogP contribution in [0.25, 0.3) is 11.4 Å². The average Bonchev–Trinajstić information content (AvgIpc) is 2.62. The van der Waals surface area contributed by atoms with Gasteiger partial charge in [0.1, 0.15) is 5.82 Å². The van der Waals surface area contributed by atoms with E-state index in [9.17, 15) is 13.2 Å². The zero-order chi connectivity index (χ0) is 17.1. The summed E-state index contributed by atoms with van der Waals surface area (Å²) in [6, 6.07) is 8.77. The predicted octanol–water partition coefficient (Wildman–Crippen LogP) is 3.74. The van der Waals surface area contributed by atoms with Crippen LogP contribution in [0.2, 0.25) is 0 Å². The van der Waals surface area contributed by atoms with Crippen molar-refractivity contribution in [2.75, 3.05) is 17.7 Å². The molecule has 2 heterocycles. The first-order chi connectivity index (χ1) is 11.6. The van der Waals surface area contributed by atoms with Crippen LogP contribution in [0.4, 0.5) is 30.6 Å². The molecule has 0 aliphatic heterocycles. The van der Waals surface area contributed by atoms with Gasteiger partial charge in [0.2, 0.25) is 5.95 Å². The summed E-state index contributed by atoms with van der Waals surface area (Å²) in [6.07, 6.45) is 1.61. The van der Waals surface area contributed by atoms with Crippen molar-refractivity contribution < 1.29 is 13.2 Å². The molecule has 0 aliphatic carbocycles. The highest BCUT2D eigenvalue weighted by Gasteiger charge is 2.15. The molecule has 5 nitrogen and oxygen atoms in total. The first-order valence-corrected chi connectivity index (χ1v) is 6.97. The van der Waals surface area contributed by atoms with Crippen LogP contribution in [-0.2, 0) is 0 Å². The number of aromatic nitrogens is 3. The van der Waals surface area contributed by atoms with Gasteiger partial charge in [0.05, 0.1) is 17.1 Å². The number of pyridine rings is 1. The van der Waals surface area contributed by atoms with Crippen molar-refractivity contribution in [3.8, 4) is 11.4 Å². The predicted molar refractivity (Wildman–Crippen MR) is 84.4 cm³/mol. The first-order valence-electron chi connectivity index (χ1n) is 6.97. The van der Waals surface area contributed by atoms with Crippen molar-refractivity contribution in [3.63, 3.8) is 0 Å². The molecule has 0 radical (unpaired) electrons. The number of nitrogens with zero attached hydrogens (tertiary/aromatic N) is 3. The van der Waals surface area contributed by atoms with Gasteiger partial charge in [-0.2, -0.15) is 4.98 Å². The molecule has 1 aromatic carbocycles. The number of anilines is 3. The Hall–Kier alpha value is -3.16. The van der Waals surface area contributed by atoms with E-state index in [1.165, 1.54) is 6.07 Å². The van der Waals surface area contributed by atoms with E-state index in [0.717, 1.165) is 12.1 Å². The zero-order valence-electron chi connectivity index (χ0n) is 12.5. The molecule has 0 atom stereocenters. The first kappa shape index (κ1) is 15.7. The van der Waals surface area contributed by atoms with Gasteiger partial charge in [-0.15, -0.1) is 0 Å². The maximum Gasteiger partial charge on any atom is 0.225 e. The summed E-state index contributed by atoms with van der Waals surface area (Å²) in [7, 11) is 1.62.